The highest BCUT2D eigenvalue weighted by Gasteiger charge is 2.14. The van der Waals surface area contributed by atoms with Gasteiger partial charge in [-0.25, -0.2) is 14.4 Å². The van der Waals surface area contributed by atoms with Gasteiger partial charge in [-0.2, -0.15) is 5.10 Å². The van der Waals surface area contributed by atoms with Crippen molar-refractivity contribution < 1.29 is 23.8 Å². The van der Waals surface area contributed by atoms with Gasteiger partial charge < -0.3 is 30.5 Å². The minimum absolute atomic E-state index is 0.0302. The molecule has 0 fully saturated rings. The summed E-state index contributed by atoms with van der Waals surface area (Å²) in [5.74, 6) is 1.38. The molecule has 0 saturated carbocycles. The Morgan fingerprint density at radius 3 is 2.77 bits per heavy atom. The number of benzene rings is 2. The average Bonchev–Trinajstić information content (AvgIpc) is 3.36. The van der Waals surface area contributed by atoms with E-state index in [9.17, 15) is 9.18 Å². The average molecular weight is 538 g/mol. The van der Waals surface area contributed by atoms with Crippen LogP contribution in [0.2, 0.25) is 0 Å². The van der Waals surface area contributed by atoms with Gasteiger partial charge in [0.05, 0.1) is 25.7 Å². The topological polar surface area (TPSA) is 146 Å². The smallest absolute Gasteiger partial charge is 0.230 e. The van der Waals surface area contributed by atoms with Crippen LogP contribution in [0.15, 0.2) is 48.8 Å². The van der Waals surface area contributed by atoms with Crippen LogP contribution in [0.1, 0.15) is 25.0 Å². The van der Waals surface area contributed by atoms with Crippen LogP contribution >= 0.6 is 0 Å². The normalized spacial score (nSPS) is 10.9. The number of halogens is 1. The fraction of sp³-hybridized carbons (Fsp3) is 0.333. The highest BCUT2D eigenvalue weighted by atomic mass is 19.1. The predicted octanol–water partition coefficient (Wildman–Crippen LogP) is 3.56. The summed E-state index contributed by atoms with van der Waals surface area (Å²) < 4.78 is 24.9. The fourth-order valence-corrected chi connectivity index (χ4v) is 3.88. The molecule has 0 saturated heterocycles. The number of aliphatic hydroxyl groups excluding tert-OH is 1. The Balaban J connectivity index is 1.36. The number of hydrogen-bond donors (Lipinski definition) is 5. The van der Waals surface area contributed by atoms with Gasteiger partial charge in [-0.3, -0.25) is 9.89 Å². The molecule has 2 aromatic heterocycles. The van der Waals surface area contributed by atoms with E-state index in [1.165, 1.54) is 24.5 Å². The number of methoxy groups -OCH3 is 1. The summed E-state index contributed by atoms with van der Waals surface area (Å²) in [4.78, 5) is 21.1. The van der Waals surface area contributed by atoms with Crippen molar-refractivity contribution in [2.45, 2.75) is 25.7 Å². The molecular formula is C27H32FN7O4. The van der Waals surface area contributed by atoms with Crippen molar-refractivity contribution in [3.05, 3.63) is 60.3 Å². The Hall–Kier alpha value is -4.29. The largest absolute Gasteiger partial charge is 0.493 e. The standard InChI is InChI=1S/C27H32FN7O4/c1-38-23-15-21-22(16-24(23)39-11-5-9-29-8-2-3-10-36)30-17-31-27(21)33-25-13-20(34-35-25)14-26(37)32-19-7-4-6-18(28)12-19/h4,6-7,12-13,15-17,29,36H,2-3,5,8-11,14H2,1H3,(H,32,37)(H2,30,31,33,34,35). The molecule has 39 heavy (non-hydrogen) atoms. The van der Waals surface area contributed by atoms with E-state index in [-0.39, 0.29) is 18.9 Å². The van der Waals surface area contributed by atoms with E-state index in [1.807, 2.05) is 6.07 Å². The summed E-state index contributed by atoms with van der Waals surface area (Å²) in [6.07, 6.45) is 4.03. The van der Waals surface area contributed by atoms with Crippen LogP contribution in [-0.4, -0.2) is 64.6 Å². The second kappa shape index (κ2) is 14.0. The van der Waals surface area contributed by atoms with E-state index < -0.39 is 5.82 Å². The van der Waals surface area contributed by atoms with Gasteiger partial charge in [0.2, 0.25) is 5.91 Å². The van der Waals surface area contributed by atoms with Crippen LogP contribution in [0, 0.1) is 5.82 Å². The molecule has 5 N–H and O–H groups in total. The zero-order valence-corrected chi connectivity index (χ0v) is 21.7. The first-order valence-electron chi connectivity index (χ1n) is 12.7. The van der Waals surface area contributed by atoms with Crippen molar-refractivity contribution >= 4 is 34.1 Å². The molecule has 11 nitrogen and oxygen atoms in total. The number of aromatic nitrogens is 4. The number of nitrogens with one attached hydrogen (secondary N) is 4. The van der Waals surface area contributed by atoms with Crippen molar-refractivity contribution in [1.29, 1.82) is 0 Å². The Labute approximate surface area is 225 Å². The van der Waals surface area contributed by atoms with E-state index in [0.29, 0.717) is 52.0 Å². The first-order chi connectivity index (χ1) is 19.1. The molecule has 0 aliphatic heterocycles. The number of anilines is 3. The number of carbonyl (C=O) groups is 1. The predicted molar refractivity (Wildman–Crippen MR) is 146 cm³/mol. The molecule has 206 valence electrons. The van der Waals surface area contributed by atoms with Crippen LogP contribution < -0.4 is 25.4 Å². The molecule has 0 aliphatic rings. The minimum atomic E-state index is -0.424. The van der Waals surface area contributed by atoms with Crippen molar-refractivity contribution in [2.24, 2.45) is 0 Å². The Bertz CT molecular complexity index is 1380. The number of aliphatic hydroxyl groups is 1. The molecule has 0 bridgehead atoms. The van der Waals surface area contributed by atoms with Crippen LogP contribution in [0.3, 0.4) is 0 Å². The number of rotatable bonds is 15. The van der Waals surface area contributed by atoms with E-state index in [0.717, 1.165) is 32.4 Å². The third-order valence-electron chi connectivity index (χ3n) is 5.77. The van der Waals surface area contributed by atoms with Gasteiger partial charge in [0, 0.05) is 35.5 Å². The van der Waals surface area contributed by atoms with Crippen molar-refractivity contribution in [3.8, 4) is 11.5 Å². The van der Waals surface area contributed by atoms with Crippen molar-refractivity contribution in [2.75, 3.05) is 44.0 Å². The number of carbonyl (C=O) groups excluding carboxylic acids is 1. The maximum atomic E-state index is 13.4. The molecule has 1 amide bonds. The monoisotopic (exact) mass is 537 g/mol. The number of unbranched alkanes of at least 4 members (excludes halogenated alkanes) is 1. The van der Waals surface area contributed by atoms with Crippen LogP contribution in [-0.2, 0) is 11.2 Å². The zero-order valence-electron chi connectivity index (χ0n) is 21.7. The first kappa shape index (κ1) is 27.7. The zero-order chi connectivity index (χ0) is 27.5. The number of aromatic amines is 1. The van der Waals surface area contributed by atoms with Gasteiger partial charge in [-0.05, 0) is 56.6 Å². The number of hydrogen-bond acceptors (Lipinski definition) is 9. The van der Waals surface area contributed by atoms with Gasteiger partial charge >= 0.3 is 0 Å². The lowest BCUT2D eigenvalue weighted by atomic mass is 10.2. The molecule has 2 aromatic carbocycles. The van der Waals surface area contributed by atoms with Gasteiger partial charge in [0.1, 0.15) is 18.0 Å². The second-order valence-corrected chi connectivity index (χ2v) is 8.76. The molecule has 0 atom stereocenters. The molecule has 4 aromatic rings. The van der Waals surface area contributed by atoms with Gasteiger partial charge in [0.25, 0.3) is 0 Å². The summed E-state index contributed by atoms with van der Waals surface area (Å²) in [5.41, 5.74) is 1.62. The number of fused-ring (bicyclic) bond motifs is 1. The molecule has 0 unspecified atom stereocenters. The maximum absolute atomic E-state index is 13.4. The Morgan fingerprint density at radius 2 is 1.95 bits per heavy atom. The third kappa shape index (κ3) is 8.09. The molecule has 2 heterocycles. The SMILES string of the molecule is COc1cc2c(Nc3cc(CC(=O)Nc4cccc(F)c4)[nH]n3)ncnc2cc1OCCCNCCCCO. The molecular weight excluding hydrogens is 505 g/mol. The molecule has 0 aliphatic carbocycles. The molecule has 0 spiro atoms. The number of ether oxygens (including phenoxy) is 2. The quantitative estimate of drug-likeness (QED) is 0.144. The lowest BCUT2D eigenvalue weighted by Crippen LogP contribution is -2.19. The van der Waals surface area contributed by atoms with E-state index in [2.05, 4.69) is 36.1 Å². The highest BCUT2D eigenvalue weighted by Crippen LogP contribution is 2.34. The first-order valence-corrected chi connectivity index (χ1v) is 12.7. The van der Waals surface area contributed by atoms with Gasteiger partial charge in [-0.1, -0.05) is 6.07 Å². The summed E-state index contributed by atoms with van der Waals surface area (Å²) in [6, 6.07) is 11.0. The molecule has 12 heteroatoms. The van der Waals surface area contributed by atoms with Crippen molar-refractivity contribution in [1.82, 2.24) is 25.5 Å². The van der Waals surface area contributed by atoms with Crippen LogP contribution in [0.4, 0.5) is 21.7 Å². The maximum Gasteiger partial charge on any atom is 0.230 e. The number of amides is 1. The lowest BCUT2D eigenvalue weighted by molar-refractivity contribution is -0.115. The van der Waals surface area contributed by atoms with Gasteiger partial charge in [-0.15, -0.1) is 0 Å². The van der Waals surface area contributed by atoms with Gasteiger partial charge in [0.15, 0.2) is 17.3 Å². The van der Waals surface area contributed by atoms with E-state index in [4.69, 9.17) is 14.6 Å². The molecule has 0 radical (unpaired) electrons. The number of H-pyrrole nitrogens is 1. The van der Waals surface area contributed by atoms with E-state index in [1.54, 1.807) is 25.3 Å². The summed E-state index contributed by atoms with van der Waals surface area (Å²) in [5, 5.41) is 25.7. The summed E-state index contributed by atoms with van der Waals surface area (Å²) in [6.45, 7) is 2.41. The molecule has 4 rings (SSSR count). The minimum Gasteiger partial charge on any atom is -0.493 e. The second-order valence-electron chi connectivity index (χ2n) is 8.76. The summed E-state index contributed by atoms with van der Waals surface area (Å²) >= 11 is 0. The summed E-state index contributed by atoms with van der Waals surface area (Å²) in [7, 11) is 1.57. The lowest BCUT2D eigenvalue weighted by Gasteiger charge is -2.13. The third-order valence-corrected chi connectivity index (χ3v) is 5.77. The van der Waals surface area contributed by atoms with Crippen molar-refractivity contribution in [3.63, 3.8) is 0 Å². The van der Waals surface area contributed by atoms with Crippen LogP contribution in [0.25, 0.3) is 10.9 Å². The Morgan fingerprint density at radius 1 is 1.08 bits per heavy atom. The highest BCUT2D eigenvalue weighted by molar-refractivity contribution is 5.93. The number of nitrogens with zero attached hydrogens (tertiary/aromatic N) is 3. The Kier molecular flexibility index (Phi) is 9.98. The van der Waals surface area contributed by atoms with Crippen LogP contribution in [0.5, 0.6) is 11.5 Å². The van der Waals surface area contributed by atoms with E-state index >= 15 is 0 Å². The fourth-order valence-electron chi connectivity index (χ4n) is 3.88.